The number of aromatic amines is 1. The van der Waals surface area contributed by atoms with Gasteiger partial charge < -0.3 is 14.4 Å². The smallest absolute Gasteiger partial charge is 0.354 e. The first-order chi connectivity index (χ1) is 14.0. The first-order valence-electron chi connectivity index (χ1n) is 8.97. The second-order valence-electron chi connectivity index (χ2n) is 6.75. The van der Waals surface area contributed by atoms with Crippen LogP contribution in [0.15, 0.2) is 27.9 Å². The molecule has 4 rings (SSSR count). The molecule has 3 N–H and O–H groups in total. The Hall–Kier alpha value is -2.96. The number of rotatable bonds is 7. The maximum Gasteiger partial charge on any atom is 0.354 e. The third kappa shape index (κ3) is 4.39. The summed E-state index contributed by atoms with van der Waals surface area (Å²) in [5, 5.41) is 15.2. The summed E-state index contributed by atoms with van der Waals surface area (Å²) in [4.78, 5) is 35.8. The molecule has 0 amide bonds. The van der Waals surface area contributed by atoms with Crippen LogP contribution < -0.4 is 10.9 Å². The van der Waals surface area contributed by atoms with Gasteiger partial charge >= 0.3 is 10.8 Å². The molecule has 0 spiro atoms. The van der Waals surface area contributed by atoms with Gasteiger partial charge in [0.1, 0.15) is 12.3 Å². The Morgan fingerprint density at radius 2 is 2.31 bits per heavy atom. The molecule has 2 atom stereocenters. The van der Waals surface area contributed by atoms with Crippen LogP contribution in [0.3, 0.4) is 0 Å². The number of nitrogens with one attached hydrogen (secondary N) is 2. The predicted octanol–water partition coefficient (Wildman–Crippen LogP) is 1.22. The number of H-pyrrole nitrogens is 1. The number of aromatic nitrogens is 5. The van der Waals surface area contributed by atoms with Gasteiger partial charge in [0.25, 0.3) is 5.56 Å². The van der Waals surface area contributed by atoms with Gasteiger partial charge in [-0.3, -0.25) is 14.7 Å². The summed E-state index contributed by atoms with van der Waals surface area (Å²) < 4.78 is 12.1. The van der Waals surface area contributed by atoms with Crippen molar-refractivity contribution in [3.05, 3.63) is 45.3 Å². The Morgan fingerprint density at radius 3 is 3.07 bits per heavy atom. The molecule has 0 aromatic carbocycles. The Bertz CT molecular complexity index is 1150. The molecule has 152 valence electrons. The van der Waals surface area contributed by atoms with Crippen LogP contribution in [-0.2, 0) is 18.0 Å². The van der Waals surface area contributed by atoms with Crippen molar-refractivity contribution in [3.63, 3.8) is 0 Å². The average Bonchev–Trinajstić information content (AvgIpc) is 3.34. The van der Waals surface area contributed by atoms with Crippen molar-refractivity contribution in [2.45, 2.75) is 44.7 Å². The number of carbonyl (C=O) groups is 1. The highest BCUT2D eigenvalue weighted by atomic mass is 32.1. The van der Waals surface area contributed by atoms with Crippen molar-refractivity contribution in [2.75, 3.05) is 0 Å². The standard InChI is InChI=1S/C17H18N6O5S/c24-15-11-4-12(16(25)26)18-5-13(11)20-8-23(15)7-19-9-1-2-10(3-9)27-6-14-21-17(29)28-22-14/h4-5,8-10,19H,1-3,6-7H2,(H,25,26)(H,21,22,29). The van der Waals surface area contributed by atoms with Gasteiger partial charge in [0.2, 0.25) is 0 Å². The SMILES string of the molecule is O=C(O)c1cc2c(=O)n(CNC3CCC(OCc4nc(=S)o[nH]4)C3)cnc2cn1. The van der Waals surface area contributed by atoms with E-state index in [1.807, 2.05) is 0 Å². The van der Waals surface area contributed by atoms with Gasteiger partial charge in [0.05, 0.1) is 36.2 Å². The van der Waals surface area contributed by atoms with Crippen molar-refractivity contribution >= 4 is 29.1 Å². The zero-order valence-corrected chi connectivity index (χ0v) is 16.0. The lowest BCUT2D eigenvalue weighted by molar-refractivity contribution is 0.0390. The van der Waals surface area contributed by atoms with E-state index in [9.17, 15) is 9.59 Å². The van der Waals surface area contributed by atoms with E-state index in [1.54, 1.807) is 0 Å². The molecule has 0 radical (unpaired) electrons. The zero-order valence-electron chi connectivity index (χ0n) is 15.2. The third-order valence-corrected chi connectivity index (χ3v) is 4.98. The number of ether oxygens (including phenoxy) is 1. The molecule has 1 fully saturated rings. The average molecular weight is 418 g/mol. The highest BCUT2D eigenvalue weighted by Crippen LogP contribution is 2.23. The van der Waals surface area contributed by atoms with Crippen LogP contribution in [0.2, 0.25) is 0 Å². The van der Waals surface area contributed by atoms with Crippen LogP contribution in [0.5, 0.6) is 0 Å². The van der Waals surface area contributed by atoms with E-state index in [-0.39, 0.29) is 40.3 Å². The zero-order chi connectivity index (χ0) is 20.4. The highest BCUT2D eigenvalue weighted by molar-refractivity contribution is 7.71. The number of carboxylic acid groups (broad SMARTS) is 1. The Kier molecular flexibility index (Phi) is 5.47. The second kappa shape index (κ2) is 8.19. The third-order valence-electron chi connectivity index (χ3n) is 4.80. The Balaban J connectivity index is 1.36. The van der Waals surface area contributed by atoms with Crippen LogP contribution in [0.4, 0.5) is 0 Å². The molecule has 12 heteroatoms. The predicted molar refractivity (Wildman–Crippen MR) is 102 cm³/mol. The lowest BCUT2D eigenvalue weighted by atomic mass is 10.2. The largest absolute Gasteiger partial charge is 0.477 e. The van der Waals surface area contributed by atoms with Gasteiger partial charge in [-0.05, 0) is 37.5 Å². The summed E-state index contributed by atoms with van der Waals surface area (Å²) in [6.07, 6.45) is 5.37. The molecule has 29 heavy (non-hydrogen) atoms. The normalized spacial score (nSPS) is 19.0. The fraction of sp³-hybridized carbons (Fsp3) is 0.412. The number of nitrogens with zero attached hydrogens (tertiary/aromatic N) is 4. The quantitative estimate of drug-likeness (QED) is 0.478. The van der Waals surface area contributed by atoms with Gasteiger partial charge in [-0.2, -0.15) is 4.98 Å². The number of hydrogen-bond donors (Lipinski definition) is 3. The molecule has 0 saturated heterocycles. The van der Waals surface area contributed by atoms with Crippen molar-refractivity contribution in [1.29, 1.82) is 0 Å². The van der Waals surface area contributed by atoms with E-state index < -0.39 is 5.97 Å². The van der Waals surface area contributed by atoms with E-state index in [4.69, 9.17) is 26.6 Å². The molecular weight excluding hydrogens is 400 g/mol. The van der Waals surface area contributed by atoms with E-state index in [0.29, 0.717) is 17.9 Å². The van der Waals surface area contributed by atoms with Gasteiger partial charge in [-0.25, -0.2) is 19.9 Å². The van der Waals surface area contributed by atoms with Crippen LogP contribution >= 0.6 is 12.2 Å². The van der Waals surface area contributed by atoms with E-state index >= 15 is 0 Å². The number of carboxylic acids is 1. The summed E-state index contributed by atoms with van der Waals surface area (Å²) in [6.45, 7) is 0.561. The summed E-state index contributed by atoms with van der Waals surface area (Å²) in [7, 11) is 0. The minimum absolute atomic E-state index is 0.0711. The van der Waals surface area contributed by atoms with Gasteiger partial charge in [-0.1, -0.05) is 0 Å². The Labute approximate surface area is 168 Å². The maximum atomic E-state index is 12.6. The van der Waals surface area contributed by atoms with Crippen LogP contribution in [0.1, 0.15) is 35.6 Å². The minimum Gasteiger partial charge on any atom is -0.477 e. The molecule has 3 aromatic rings. The van der Waals surface area contributed by atoms with Gasteiger partial charge in [0.15, 0.2) is 5.82 Å². The van der Waals surface area contributed by atoms with Crippen molar-refractivity contribution in [1.82, 2.24) is 30.0 Å². The maximum absolute atomic E-state index is 12.6. The fourth-order valence-corrected chi connectivity index (χ4v) is 3.46. The summed E-state index contributed by atoms with van der Waals surface area (Å²) in [5.41, 5.74) is -0.151. The van der Waals surface area contributed by atoms with E-state index in [0.717, 1.165) is 19.3 Å². The first kappa shape index (κ1) is 19.4. The molecule has 3 aromatic heterocycles. The molecule has 11 nitrogen and oxygen atoms in total. The van der Waals surface area contributed by atoms with Crippen molar-refractivity contribution in [3.8, 4) is 0 Å². The minimum atomic E-state index is -1.19. The molecule has 0 aliphatic heterocycles. The fourth-order valence-electron chi connectivity index (χ4n) is 3.31. The van der Waals surface area contributed by atoms with E-state index in [2.05, 4.69) is 25.4 Å². The van der Waals surface area contributed by atoms with Crippen molar-refractivity contribution in [2.24, 2.45) is 0 Å². The molecule has 1 aliphatic rings. The monoisotopic (exact) mass is 418 g/mol. The van der Waals surface area contributed by atoms with Crippen molar-refractivity contribution < 1.29 is 19.2 Å². The van der Waals surface area contributed by atoms with Gasteiger partial charge in [0, 0.05) is 6.04 Å². The molecule has 2 unspecified atom stereocenters. The molecule has 0 bridgehead atoms. The number of aromatic carboxylic acids is 1. The summed E-state index contributed by atoms with van der Waals surface area (Å²) in [5.74, 6) is -0.639. The van der Waals surface area contributed by atoms with Crippen LogP contribution in [-0.4, -0.2) is 47.9 Å². The van der Waals surface area contributed by atoms with E-state index in [1.165, 1.54) is 23.2 Å². The van der Waals surface area contributed by atoms with Crippen LogP contribution in [0.25, 0.3) is 10.9 Å². The lowest BCUT2D eigenvalue weighted by Crippen LogP contribution is -2.34. The Morgan fingerprint density at radius 1 is 1.45 bits per heavy atom. The lowest BCUT2D eigenvalue weighted by Gasteiger charge is -2.15. The number of pyridine rings is 1. The molecular formula is C17H18N6O5S. The summed E-state index contributed by atoms with van der Waals surface area (Å²) >= 11 is 4.80. The summed E-state index contributed by atoms with van der Waals surface area (Å²) in [6, 6.07) is 1.43. The highest BCUT2D eigenvalue weighted by Gasteiger charge is 2.25. The van der Waals surface area contributed by atoms with Crippen LogP contribution in [0, 0.1) is 4.84 Å². The first-order valence-corrected chi connectivity index (χ1v) is 9.38. The molecule has 3 heterocycles. The number of hydrogen-bond acceptors (Lipinski definition) is 9. The van der Waals surface area contributed by atoms with Gasteiger partial charge in [-0.15, -0.1) is 0 Å². The molecule has 1 saturated carbocycles. The topological polar surface area (TPSA) is 148 Å². The number of fused-ring (bicyclic) bond motifs is 1. The second-order valence-corrected chi connectivity index (χ2v) is 7.09. The molecule has 1 aliphatic carbocycles.